The van der Waals surface area contributed by atoms with Crippen molar-refractivity contribution in [2.45, 2.75) is 0 Å². The van der Waals surface area contributed by atoms with Crippen LogP contribution < -0.4 is 15.8 Å². The van der Waals surface area contributed by atoms with E-state index in [1.54, 1.807) is 47.1 Å². The van der Waals surface area contributed by atoms with Crippen LogP contribution in [0.5, 0.6) is 5.75 Å². The Hall–Kier alpha value is -4.17. The summed E-state index contributed by atoms with van der Waals surface area (Å²) in [6, 6.07) is 23.0. The first-order chi connectivity index (χ1) is 16.6. The fourth-order valence-corrected chi connectivity index (χ4v) is 3.69. The summed E-state index contributed by atoms with van der Waals surface area (Å²) in [6.45, 7) is 0.826. The van der Waals surface area contributed by atoms with Crippen LogP contribution in [0, 0.1) is 5.82 Å². The number of hydrogen-bond acceptors (Lipinski definition) is 6. The van der Waals surface area contributed by atoms with Gasteiger partial charge in [-0.15, -0.1) is 5.10 Å². The maximum Gasteiger partial charge on any atom is 0.225 e. The van der Waals surface area contributed by atoms with Crippen molar-refractivity contribution in [2.24, 2.45) is 0 Å². The molecule has 0 fully saturated rings. The van der Waals surface area contributed by atoms with E-state index in [0.717, 1.165) is 5.75 Å². The first-order valence-corrected chi connectivity index (χ1v) is 11.0. The summed E-state index contributed by atoms with van der Waals surface area (Å²) in [7, 11) is 0. The number of anilines is 2. The van der Waals surface area contributed by atoms with Crippen molar-refractivity contribution in [3.05, 3.63) is 89.7 Å². The highest BCUT2D eigenvalue weighted by atomic mass is 35.5. The second kappa shape index (κ2) is 9.36. The van der Waals surface area contributed by atoms with Gasteiger partial charge in [-0.1, -0.05) is 41.9 Å². The largest absolute Gasteiger partial charge is 0.492 e. The molecule has 5 rings (SSSR count). The lowest BCUT2D eigenvalue weighted by Gasteiger charge is -2.10. The maximum atomic E-state index is 14.8. The molecule has 0 amide bonds. The highest BCUT2D eigenvalue weighted by Gasteiger charge is 2.21. The van der Waals surface area contributed by atoms with E-state index in [-0.39, 0.29) is 0 Å². The lowest BCUT2D eigenvalue weighted by Crippen LogP contribution is -2.13. The molecule has 2 heterocycles. The van der Waals surface area contributed by atoms with Crippen LogP contribution in [-0.2, 0) is 0 Å². The number of halogens is 2. The van der Waals surface area contributed by atoms with Gasteiger partial charge in [0.2, 0.25) is 5.95 Å². The van der Waals surface area contributed by atoms with Crippen molar-refractivity contribution in [1.29, 1.82) is 0 Å². The summed E-state index contributed by atoms with van der Waals surface area (Å²) in [6.07, 6.45) is 0. The Morgan fingerprint density at radius 1 is 0.941 bits per heavy atom. The third-order valence-corrected chi connectivity index (χ3v) is 5.42. The minimum absolute atomic E-state index is 0.295. The van der Waals surface area contributed by atoms with Crippen molar-refractivity contribution in [3.63, 3.8) is 0 Å². The van der Waals surface area contributed by atoms with Crippen molar-refractivity contribution in [2.75, 3.05) is 24.2 Å². The van der Waals surface area contributed by atoms with Crippen LogP contribution in [0.2, 0.25) is 5.02 Å². The highest BCUT2D eigenvalue weighted by Crippen LogP contribution is 2.34. The molecule has 34 heavy (non-hydrogen) atoms. The number of nitrogens with one attached hydrogen (secondary N) is 1. The second-order valence-electron chi connectivity index (χ2n) is 7.44. The Bertz CT molecular complexity index is 1440. The predicted molar refractivity (Wildman–Crippen MR) is 132 cm³/mol. The number of para-hydroxylation sites is 1. The summed E-state index contributed by atoms with van der Waals surface area (Å²) >= 11 is 6.02. The first-order valence-electron chi connectivity index (χ1n) is 10.6. The van der Waals surface area contributed by atoms with E-state index in [1.165, 1.54) is 6.07 Å². The molecule has 0 unspecified atom stereocenters. The first kappa shape index (κ1) is 21.7. The zero-order valence-electron chi connectivity index (χ0n) is 18.0. The van der Waals surface area contributed by atoms with Crippen molar-refractivity contribution in [1.82, 2.24) is 19.7 Å². The Labute approximate surface area is 200 Å². The zero-order valence-corrected chi connectivity index (χ0v) is 18.7. The standard InChI is InChI=1S/C25H20ClFN6O/c26-16-10-12-17(13-11-16)33-23(28)21-22(19-8-4-5-9-20(19)27)30-25(31-24(21)32-33)29-14-15-34-18-6-2-1-3-7-18/h1-13H,14-15,28H2,(H,29,31,32). The summed E-state index contributed by atoms with van der Waals surface area (Å²) in [5, 5.41) is 8.76. The number of rotatable bonds is 7. The van der Waals surface area contributed by atoms with Gasteiger partial charge >= 0.3 is 0 Å². The van der Waals surface area contributed by atoms with Crippen LogP contribution in [0.25, 0.3) is 28.0 Å². The lowest BCUT2D eigenvalue weighted by molar-refractivity contribution is 0.332. The van der Waals surface area contributed by atoms with Gasteiger partial charge in [0.1, 0.15) is 24.0 Å². The van der Waals surface area contributed by atoms with Crippen LogP contribution in [-0.4, -0.2) is 32.9 Å². The van der Waals surface area contributed by atoms with E-state index in [9.17, 15) is 4.39 Å². The van der Waals surface area contributed by atoms with Gasteiger partial charge in [-0.05, 0) is 48.5 Å². The molecule has 3 N–H and O–H groups in total. The minimum Gasteiger partial charge on any atom is -0.492 e. The molecule has 0 saturated carbocycles. The third-order valence-electron chi connectivity index (χ3n) is 5.17. The smallest absolute Gasteiger partial charge is 0.225 e. The number of hydrogen-bond donors (Lipinski definition) is 2. The Balaban J connectivity index is 1.52. The molecule has 0 atom stereocenters. The van der Waals surface area contributed by atoms with Gasteiger partial charge in [-0.25, -0.2) is 14.1 Å². The molecule has 5 aromatic rings. The van der Waals surface area contributed by atoms with Crippen molar-refractivity contribution in [3.8, 4) is 22.7 Å². The van der Waals surface area contributed by atoms with Crippen molar-refractivity contribution >= 4 is 34.4 Å². The maximum absolute atomic E-state index is 14.8. The lowest BCUT2D eigenvalue weighted by atomic mass is 10.1. The van der Waals surface area contributed by atoms with E-state index in [1.807, 2.05) is 30.3 Å². The molecule has 9 heteroatoms. The van der Waals surface area contributed by atoms with Gasteiger partial charge in [0.25, 0.3) is 0 Å². The molecule has 3 aromatic carbocycles. The van der Waals surface area contributed by atoms with Crippen LogP contribution in [0.15, 0.2) is 78.9 Å². The number of benzene rings is 3. The quantitative estimate of drug-likeness (QED) is 0.309. The minimum atomic E-state index is -0.417. The zero-order chi connectivity index (χ0) is 23.5. The third kappa shape index (κ3) is 4.35. The molecule has 0 aliphatic heterocycles. The molecule has 0 bridgehead atoms. The van der Waals surface area contributed by atoms with Crippen LogP contribution in [0.1, 0.15) is 0 Å². The molecule has 170 valence electrons. The van der Waals surface area contributed by atoms with E-state index < -0.39 is 5.82 Å². The van der Waals surface area contributed by atoms with Gasteiger partial charge in [0, 0.05) is 10.6 Å². The summed E-state index contributed by atoms with van der Waals surface area (Å²) < 4.78 is 22.0. The van der Waals surface area contributed by atoms with E-state index in [0.29, 0.717) is 57.9 Å². The molecular weight excluding hydrogens is 455 g/mol. The number of nitrogen functional groups attached to an aromatic ring is 1. The van der Waals surface area contributed by atoms with Gasteiger partial charge in [0.15, 0.2) is 5.65 Å². The summed E-state index contributed by atoms with van der Waals surface area (Å²) in [5.74, 6) is 0.944. The summed E-state index contributed by atoms with van der Waals surface area (Å²) in [4.78, 5) is 9.11. The Morgan fingerprint density at radius 2 is 1.68 bits per heavy atom. The molecule has 0 aliphatic rings. The predicted octanol–water partition coefficient (Wildman–Crippen LogP) is 5.35. The molecule has 0 saturated heterocycles. The van der Waals surface area contributed by atoms with Crippen LogP contribution in [0.3, 0.4) is 0 Å². The molecular formula is C25H20ClFN6O. The number of fused-ring (bicyclic) bond motifs is 1. The number of ether oxygens (including phenoxy) is 1. The molecule has 0 aliphatic carbocycles. The SMILES string of the molecule is Nc1c2c(-c3ccccc3F)nc(NCCOc3ccccc3)nc2nn1-c1ccc(Cl)cc1. The fraction of sp³-hybridized carbons (Fsp3) is 0.0800. The van der Waals surface area contributed by atoms with E-state index >= 15 is 0 Å². The molecule has 7 nitrogen and oxygen atoms in total. The average molecular weight is 475 g/mol. The monoisotopic (exact) mass is 474 g/mol. The molecule has 0 spiro atoms. The van der Waals surface area contributed by atoms with Gasteiger partial charge in [-0.2, -0.15) is 4.98 Å². The number of nitrogens with zero attached hydrogens (tertiary/aromatic N) is 4. The normalized spacial score (nSPS) is 11.0. The van der Waals surface area contributed by atoms with E-state index in [4.69, 9.17) is 22.1 Å². The average Bonchev–Trinajstić information content (AvgIpc) is 3.19. The van der Waals surface area contributed by atoms with E-state index in [2.05, 4.69) is 20.4 Å². The van der Waals surface area contributed by atoms with Gasteiger partial charge in [-0.3, -0.25) is 0 Å². The second-order valence-corrected chi connectivity index (χ2v) is 7.87. The fourth-order valence-electron chi connectivity index (χ4n) is 3.57. The van der Waals surface area contributed by atoms with Crippen LogP contribution in [0.4, 0.5) is 16.2 Å². The highest BCUT2D eigenvalue weighted by molar-refractivity contribution is 6.30. The van der Waals surface area contributed by atoms with Gasteiger partial charge in [0.05, 0.1) is 23.3 Å². The molecule has 2 aromatic heterocycles. The topological polar surface area (TPSA) is 90.9 Å². The Morgan fingerprint density at radius 3 is 2.44 bits per heavy atom. The Kier molecular flexibility index (Phi) is 5.97. The van der Waals surface area contributed by atoms with Gasteiger partial charge < -0.3 is 15.8 Å². The summed E-state index contributed by atoms with van der Waals surface area (Å²) in [5.41, 5.74) is 8.16. The molecule has 0 radical (unpaired) electrons. The number of nitrogens with two attached hydrogens (primary N) is 1. The van der Waals surface area contributed by atoms with Crippen molar-refractivity contribution < 1.29 is 9.13 Å². The number of aromatic nitrogens is 4. The van der Waals surface area contributed by atoms with Crippen LogP contribution >= 0.6 is 11.6 Å².